The molecule has 0 radical (unpaired) electrons. The molecule has 0 atom stereocenters. The van der Waals surface area contributed by atoms with E-state index in [1.807, 2.05) is 13.8 Å². The largest absolute Gasteiger partial charge is 0.503 e. The molecule has 12 heteroatoms. The Labute approximate surface area is 218 Å². The van der Waals surface area contributed by atoms with Crippen LogP contribution in [-0.2, 0) is 21.6 Å². The maximum Gasteiger partial charge on any atom is 0.274 e. The maximum absolute atomic E-state index is 14.0. The molecule has 1 fully saturated rings. The van der Waals surface area contributed by atoms with Crippen LogP contribution in [0, 0.1) is 11.6 Å². The Hall–Kier alpha value is -3.02. The highest BCUT2D eigenvalue weighted by molar-refractivity contribution is 5.99. The summed E-state index contributed by atoms with van der Waals surface area (Å²) in [6.07, 6.45) is 2.18. The van der Waals surface area contributed by atoms with Gasteiger partial charge in [0.1, 0.15) is 17.2 Å². The Bertz CT molecular complexity index is 1250. The van der Waals surface area contributed by atoms with Crippen molar-refractivity contribution in [1.82, 2.24) is 14.8 Å². The molecule has 2 aromatic rings. The van der Waals surface area contributed by atoms with Gasteiger partial charge in [0.15, 0.2) is 11.4 Å². The molecular formula is C25H30ClF2N3O6. The lowest BCUT2D eigenvalue weighted by atomic mass is 9.71. The van der Waals surface area contributed by atoms with Gasteiger partial charge in [-0.1, -0.05) is 6.07 Å². The molecule has 2 amide bonds. The van der Waals surface area contributed by atoms with Crippen molar-refractivity contribution in [2.75, 3.05) is 26.9 Å². The van der Waals surface area contributed by atoms with Gasteiger partial charge in [0.25, 0.3) is 11.8 Å². The highest BCUT2D eigenvalue weighted by atomic mass is 35.5. The average molecular weight is 542 g/mol. The SMILES string of the molecule is COCCO[C@H]1C[C@]2(CN(C(C)C)C(=O)c3c(O)c(=O)c(C(=O)NCc4ccc(F)cc4F)cn32)C1.Cl. The average Bonchev–Trinajstić information content (AvgIpc) is 2.80. The number of pyridine rings is 1. The highest BCUT2D eigenvalue weighted by Gasteiger charge is 2.53. The summed E-state index contributed by atoms with van der Waals surface area (Å²) in [5.41, 5.74) is -2.20. The first kappa shape index (κ1) is 28.5. The lowest BCUT2D eigenvalue weighted by Crippen LogP contribution is -2.63. The van der Waals surface area contributed by atoms with Gasteiger partial charge in [0.05, 0.1) is 24.9 Å². The van der Waals surface area contributed by atoms with Crippen molar-refractivity contribution < 1.29 is 33.0 Å². The van der Waals surface area contributed by atoms with Crippen molar-refractivity contribution in [2.24, 2.45) is 0 Å². The first-order valence-electron chi connectivity index (χ1n) is 11.7. The van der Waals surface area contributed by atoms with Crippen molar-refractivity contribution in [3.63, 3.8) is 0 Å². The molecule has 2 heterocycles. The second-order valence-electron chi connectivity index (χ2n) is 9.50. The fourth-order valence-electron chi connectivity index (χ4n) is 4.83. The molecule has 37 heavy (non-hydrogen) atoms. The van der Waals surface area contributed by atoms with Gasteiger partial charge >= 0.3 is 0 Å². The van der Waals surface area contributed by atoms with Crippen LogP contribution in [0.4, 0.5) is 8.78 Å². The van der Waals surface area contributed by atoms with Crippen LogP contribution in [-0.4, -0.2) is 65.4 Å². The Morgan fingerprint density at radius 3 is 2.57 bits per heavy atom. The molecule has 2 N–H and O–H groups in total. The van der Waals surface area contributed by atoms with Crippen molar-refractivity contribution >= 4 is 24.2 Å². The first-order chi connectivity index (χ1) is 17.1. The van der Waals surface area contributed by atoms with Gasteiger partial charge in [-0.25, -0.2) is 8.78 Å². The summed E-state index contributed by atoms with van der Waals surface area (Å²) in [4.78, 5) is 40.6. The standard InChI is InChI=1S/C25H29F2N3O6.ClH/c1-14(2)29-13-25(9-17(10-25)36-7-6-35-3)30-12-18(21(31)22(32)20(30)24(29)34)23(33)28-11-15-4-5-16(26)8-19(15)27;/h4-5,8,12,14,17,32H,6-7,9-11,13H2,1-3H3,(H,28,33);1H/t17-,25+;. The quantitative estimate of drug-likeness (QED) is 0.497. The van der Waals surface area contributed by atoms with Crippen molar-refractivity contribution in [2.45, 2.75) is 50.9 Å². The van der Waals surface area contributed by atoms with E-state index in [-0.39, 0.29) is 47.9 Å². The smallest absolute Gasteiger partial charge is 0.274 e. The number of hydrogen-bond acceptors (Lipinski definition) is 6. The number of amides is 2. The fourth-order valence-corrected chi connectivity index (χ4v) is 4.83. The van der Waals surface area contributed by atoms with Crippen molar-refractivity contribution in [3.8, 4) is 5.75 Å². The molecule has 4 rings (SSSR count). The second-order valence-corrected chi connectivity index (χ2v) is 9.50. The summed E-state index contributed by atoms with van der Waals surface area (Å²) in [5.74, 6) is -3.76. The third-order valence-corrected chi connectivity index (χ3v) is 6.80. The van der Waals surface area contributed by atoms with Gasteiger partial charge in [-0.2, -0.15) is 0 Å². The molecule has 0 bridgehead atoms. The lowest BCUT2D eigenvalue weighted by molar-refractivity contribution is -0.0984. The predicted octanol–water partition coefficient (Wildman–Crippen LogP) is 2.57. The Kier molecular flexibility index (Phi) is 8.61. The molecule has 1 saturated carbocycles. The molecule has 1 aromatic carbocycles. The monoisotopic (exact) mass is 541 g/mol. The van der Waals surface area contributed by atoms with Crippen LogP contribution < -0.4 is 10.7 Å². The van der Waals surface area contributed by atoms with E-state index >= 15 is 0 Å². The van der Waals surface area contributed by atoms with Crippen LogP contribution in [0.3, 0.4) is 0 Å². The van der Waals surface area contributed by atoms with Crippen molar-refractivity contribution in [1.29, 1.82) is 0 Å². The Morgan fingerprint density at radius 2 is 1.95 bits per heavy atom. The van der Waals surface area contributed by atoms with E-state index in [0.29, 0.717) is 38.7 Å². The summed E-state index contributed by atoms with van der Waals surface area (Å²) >= 11 is 0. The number of nitrogens with zero attached hydrogens (tertiary/aromatic N) is 2. The molecule has 2 aliphatic rings. The third-order valence-electron chi connectivity index (χ3n) is 6.80. The molecule has 0 saturated heterocycles. The summed E-state index contributed by atoms with van der Waals surface area (Å²) in [5, 5.41) is 13.2. The van der Waals surface area contributed by atoms with Crippen LogP contribution in [0.5, 0.6) is 5.75 Å². The number of ether oxygens (including phenoxy) is 2. The minimum absolute atomic E-state index is 0. The third kappa shape index (κ3) is 5.34. The normalized spacial score (nSPS) is 20.4. The van der Waals surface area contributed by atoms with Gasteiger partial charge in [-0.05, 0) is 32.8 Å². The van der Waals surface area contributed by atoms with Crippen LogP contribution in [0.2, 0.25) is 0 Å². The van der Waals surface area contributed by atoms with Crippen LogP contribution in [0.15, 0.2) is 29.2 Å². The van der Waals surface area contributed by atoms with E-state index in [4.69, 9.17) is 9.47 Å². The number of rotatable bonds is 8. The molecule has 0 unspecified atom stereocenters. The number of carbonyl (C=O) groups is 2. The van der Waals surface area contributed by atoms with Crippen LogP contribution >= 0.6 is 12.4 Å². The molecule has 1 aliphatic heterocycles. The summed E-state index contributed by atoms with van der Waals surface area (Å²) in [6.45, 7) is 4.55. The number of nitrogens with one attached hydrogen (secondary N) is 1. The Balaban J connectivity index is 0.00000380. The van der Waals surface area contributed by atoms with Gasteiger partial charge in [0.2, 0.25) is 5.43 Å². The number of methoxy groups -OCH3 is 1. The van der Waals surface area contributed by atoms with Gasteiger partial charge < -0.3 is 29.4 Å². The zero-order chi connectivity index (χ0) is 26.2. The highest BCUT2D eigenvalue weighted by Crippen LogP contribution is 2.46. The number of fused-ring (bicyclic) bond motifs is 2. The lowest BCUT2D eigenvalue weighted by Gasteiger charge is -2.55. The second kappa shape index (κ2) is 11.2. The fraction of sp³-hybridized carbons (Fsp3) is 0.480. The maximum atomic E-state index is 14.0. The van der Waals surface area contributed by atoms with Crippen LogP contribution in [0.25, 0.3) is 0 Å². The molecule has 1 aromatic heterocycles. The first-order valence-corrected chi connectivity index (χ1v) is 11.7. The van der Waals surface area contributed by atoms with E-state index < -0.39 is 40.2 Å². The predicted molar refractivity (Wildman–Crippen MR) is 132 cm³/mol. The topological polar surface area (TPSA) is 110 Å². The van der Waals surface area contributed by atoms with E-state index in [1.54, 1.807) is 12.0 Å². The number of carbonyl (C=O) groups excluding carboxylic acids is 2. The number of hydrogen-bond donors (Lipinski definition) is 2. The van der Waals surface area contributed by atoms with Crippen LogP contribution in [0.1, 0.15) is 53.1 Å². The van der Waals surface area contributed by atoms with E-state index in [0.717, 1.165) is 6.07 Å². The summed E-state index contributed by atoms with van der Waals surface area (Å²) in [6, 6.07) is 2.76. The number of aromatic hydroxyl groups is 1. The van der Waals surface area contributed by atoms with E-state index in [1.165, 1.54) is 16.8 Å². The number of aromatic nitrogens is 1. The molecule has 202 valence electrons. The molecule has 1 spiro atoms. The minimum atomic E-state index is -1.00. The van der Waals surface area contributed by atoms with E-state index in [2.05, 4.69) is 5.32 Å². The number of benzene rings is 1. The zero-order valence-electron chi connectivity index (χ0n) is 20.8. The Morgan fingerprint density at radius 1 is 1.24 bits per heavy atom. The van der Waals surface area contributed by atoms with Gasteiger partial charge in [-0.3, -0.25) is 14.4 Å². The molecular weight excluding hydrogens is 512 g/mol. The summed E-state index contributed by atoms with van der Waals surface area (Å²) in [7, 11) is 1.57. The van der Waals surface area contributed by atoms with Gasteiger partial charge in [0, 0.05) is 44.1 Å². The van der Waals surface area contributed by atoms with Gasteiger partial charge in [-0.15, -0.1) is 12.4 Å². The summed E-state index contributed by atoms with van der Waals surface area (Å²) < 4.78 is 39.5. The van der Waals surface area contributed by atoms with Crippen molar-refractivity contribution in [3.05, 3.63) is 63.1 Å². The van der Waals surface area contributed by atoms with E-state index in [9.17, 15) is 28.3 Å². The molecule has 9 nitrogen and oxygen atoms in total. The number of halogens is 3. The molecule has 1 aliphatic carbocycles. The minimum Gasteiger partial charge on any atom is -0.503 e. The zero-order valence-corrected chi connectivity index (χ0v) is 21.6.